The predicted octanol–water partition coefficient (Wildman–Crippen LogP) is 5.36. The first kappa shape index (κ1) is 21.0. The van der Waals surface area contributed by atoms with Crippen LogP contribution in [0.2, 0.25) is 0 Å². The minimum Gasteiger partial charge on any atom is -0.463 e. The van der Waals surface area contributed by atoms with E-state index < -0.39 is 5.92 Å². The number of fused-ring (bicyclic) bond motifs is 1. The van der Waals surface area contributed by atoms with Crippen molar-refractivity contribution < 1.29 is 14.3 Å². The van der Waals surface area contributed by atoms with Gasteiger partial charge < -0.3 is 10.1 Å². The van der Waals surface area contributed by atoms with Crippen molar-refractivity contribution in [1.29, 1.82) is 0 Å². The van der Waals surface area contributed by atoms with Gasteiger partial charge in [-0.3, -0.25) is 4.79 Å². The molecule has 2 aliphatic rings. The summed E-state index contributed by atoms with van der Waals surface area (Å²) in [6.45, 7) is 3.97. The maximum atomic E-state index is 13.7. The van der Waals surface area contributed by atoms with Crippen molar-refractivity contribution in [1.82, 2.24) is 5.32 Å². The Morgan fingerprint density at radius 2 is 1.91 bits per heavy atom. The van der Waals surface area contributed by atoms with Crippen molar-refractivity contribution in [3.63, 3.8) is 0 Å². The van der Waals surface area contributed by atoms with Crippen LogP contribution in [0.4, 0.5) is 0 Å². The van der Waals surface area contributed by atoms with Crippen molar-refractivity contribution in [2.45, 2.75) is 38.5 Å². The maximum Gasteiger partial charge on any atom is 0.336 e. The molecule has 4 nitrogen and oxygen atoms in total. The fourth-order valence-electron chi connectivity index (χ4n) is 5.18. The topological polar surface area (TPSA) is 55.4 Å². The van der Waals surface area contributed by atoms with E-state index in [2.05, 4.69) is 35.6 Å². The third-order valence-electron chi connectivity index (χ3n) is 6.61. The van der Waals surface area contributed by atoms with Crippen LogP contribution in [0.5, 0.6) is 0 Å². The van der Waals surface area contributed by atoms with Crippen LogP contribution in [0, 0.1) is 12.1 Å². The van der Waals surface area contributed by atoms with Crippen molar-refractivity contribution in [2.24, 2.45) is 0 Å². The van der Waals surface area contributed by atoms with Gasteiger partial charge >= 0.3 is 5.97 Å². The highest BCUT2D eigenvalue weighted by atomic mass is 16.5. The monoisotopic (exact) mass is 435 g/mol. The van der Waals surface area contributed by atoms with E-state index in [1.165, 1.54) is 0 Å². The molecule has 33 heavy (non-hydrogen) atoms. The molecule has 3 aromatic rings. The summed E-state index contributed by atoms with van der Waals surface area (Å²) in [6, 6.07) is 25.8. The number of rotatable bonds is 4. The van der Waals surface area contributed by atoms with Crippen molar-refractivity contribution >= 4 is 22.5 Å². The van der Waals surface area contributed by atoms with E-state index in [1.54, 1.807) is 6.92 Å². The summed E-state index contributed by atoms with van der Waals surface area (Å²) < 4.78 is 5.44. The molecular weight excluding hydrogens is 410 g/mol. The second-order valence-corrected chi connectivity index (χ2v) is 8.57. The normalized spacial score (nSPS) is 20.2. The Labute approximate surface area is 194 Å². The molecule has 164 valence electrons. The lowest BCUT2D eigenvalue weighted by molar-refractivity contribution is -0.138. The molecule has 0 saturated heterocycles. The van der Waals surface area contributed by atoms with Gasteiger partial charge in [0.05, 0.1) is 12.2 Å². The number of Topliss-reactive ketones (excluding diaryl/α,β-unsaturated/α-hetero) is 1. The van der Waals surface area contributed by atoms with Crippen LogP contribution in [-0.4, -0.2) is 18.4 Å². The molecular formula is C29H25NO3. The van der Waals surface area contributed by atoms with Crippen molar-refractivity contribution in [3.8, 4) is 0 Å². The molecule has 1 N–H and O–H groups in total. The third-order valence-corrected chi connectivity index (χ3v) is 6.61. The molecule has 0 radical (unpaired) electrons. The highest BCUT2D eigenvalue weighted by Gasteiger charge is 2.41. The molecule has 0 saturated carbocycles. The van der Waals surface area contributed by atoms with Crippen molar-refractivity contribution in [2.75, 3.05) is 6.61 Å². The Kier molecular flexibility index (Phi) is 5.48. The number of ketones is 1. The molecule has 0 aromatic heterocycles. The lowest BCUT2D eigenvalue weighted by atomic mass is 9.71. The number of allylic oxidation sites excluding steroid dienone is 3. The average molecular weight is 436 g/mol. The van der Waals surface area contributed by atoms with Gasteiger partial charge in [0.2, 0.25) is 0 Å². The van der Waals surface area contributed by atoms with Crippen LogP contribution in [0.15, 0.2) is 83.2 Å². The molecule has 2 atom stereocenters. The van der Waals surface area contributed by atoms with E-state index in [9.17, 15) is 9.59 Å². The van der Waals surface area contributed by atoms with Gasteiger partial charge in [0.1, 0.15) is 0 Å². The van der Waals surface area contributed by atoms with E-state index in [1.807, 2.05) is 49.4 Å². The number of carbonyl (C=O) groups excluding carboxylic acids is 2. The highest BCUT2D eigenvalue weighted by molar-refractivity contribution is 6.05. The van der Waals surface area contributed by atoms with Crippen LogP contribution in [0.3, 0.4) is 0 Å². The second-order valence-electron chi connectivity index (χ2n) is 8.57. The van der Waals surface area contributed by atoms with E-state index >= 15 is 0 Å². The summed E-state index contributed by atoms with van der Waals surface area (Å²) in [4.78, 5) is 26.8. The molecule has 1 aliphatic carbocycles. The van der Waals surface area contributed by atoms with Crippen LogP contribution in [0.1, 0.15) is 49.7 Å². The van der Waals surface area contributed by atoms with Crippen molar-refractivity contribution in [3.05, 3.63) is 106 Å². The highest BCUT2D eigenvalue weighted by Crippen LogP contribution is 2.47. The minimum atomic E-state index is -0.462. The Balaban J connectivity index is 1.68. The standard InChI is InChI=1S/C29H25NO3/c1-3-33-29(32)26-18(2)30-24-16-21(19-10-5-4-6-11-19)17-25(31)28(24)27(26)23-15-9-13-20-12-7-8-14-22(20)23/h5,7-15,21,27,30H,3,16-17H2,1-2H3. The first-order valence-corrected chi connectivity index (χ1v) is 11.3. The largest absolute Gasteiger partial charge is 0.463 e. The zero-order valence-corrected chi connectivity index (χ0v) is 18.8. The zero-order chi connectivity index (χ0) is 22.9. The number of esters is 1. The Morgan fingerprint density at radius 3 is 2.70 bits per heavy atom. The van der Waals surface area contributed by atoms with Crippen LogP contribution in [-0.2, 0) is 14.3 Å². The summed E-state index contributed by atoms with van der Waals surface area (Å²) in [6.07, 6.45) is 1.10. The maximum absolute atomic E-state index is 13.7. The molecule has 0 spiro atoms. The number of hydrogen-bond acceptors (Lipinski definition) is 4. The average Bonchev–Trinajstić information content (AvgIpc) is 2.83. The summed E-state index contributed by atoms with van der Waals surface area (Å²) in [5.74, 6) is -0.709. The first-order chi connectivity index (χ1) is 16.1. The van der Waals surface area contributed by atoms with Gasteiger partial charge in [0.15, 0.2) is 5.78 Å². The van der Waals surface area contributed by atoms with E-state index in [4.69, 9.17) is 4.74 Å². The fourth-order valence-corrected chi connectivity index (χ4v) is 5.18. The summed E-state index contributed by atoms with van der Waals surface area (Å²) in [5, 5.41) is 5.52. The lowest BCUT2D eigenvalue weighted by Gasteiger charge is -2.37. The molecule has 1 aliphatic heterocycles. The molecule has 5 rings (SSSR count). The molecule has 0 amide bonds. The molecule has 1 heterocycles. The Bertz CT molecular complexity index is 1300. The van der Waals surface area contributed by atoms with Gasteiger partial charge in [-0.1, -0.05) is 54.6 Å². The smallest absolute Gasteiger partial charge is 0.336 e. The summed E-state index contributed by atoms with van der Waals surface area (Å²) in [5.41, 5.74) is 4.87. The number of dihydropyridines is 1. The van der Waals surface area contributed by atoms with E-state index in [-0.39, 0.29) is 24.3 Å². The number of benzene rings is 2. The predicted molar refractivity (Wildman–Crippen MR) is 127 cm³/mol. The molecule has 3 aromatic carbocycles. The van der Waals surface area contributed by atoms with E-state index in [0.717, 1.165) is 33.3 Å². The zero-order valence-electron chi connectivity index (χ0n) is 18.8. The Morgan fingerprint density at radius 1 is 1.09 bits per heavy atom. The van der Waals surface area contributed by atoms with Gasteiger partial charge in [0.25, 0.3) is 0 Å². The number of nitrogens with one attached hydrogen (secondary N) is 1. The van der Waals surface area contributed by atoms with Gasteiger partial charge in [-0.25, -0.2) is 4.79 Å². The van der Waals surface area contributed by atoms with Crippen LogP contribution in [0.25, 0.3) is 10.8 Å². The number of carbonyl (C=O) groups is 2. The van der Waals surface area contributed by atoms with Gasteiger partial charge in [-0.05, 0) is 66.3 Å². The third kappa shape index (κ3) is 3.70. The Hall–Kier alpha value is -3.84. The first-order valence-electron chi connectivity index (χ1n) is 11.3. The molecule has 4 heteroatoms. The fraction of sp³-hybridized carbons (Fsp3) is 0.241. The van der Waals surface area contributed by atoms with Gasteiger partial charge in [-0.15, -0.1) is 0 Å². The quantitative estimate of drug-likeness (QED) is 0.560. The molecule has 0 fully saturated rings. The SMILES string of the molecule is CCOC(=O)C1=C(C)NC2=C(C(=O)CC(c3cc#ccc3)C2)C1c1cccc2ccccc12. The van der Waals surface area contributed by atoms with Gasteiger partial charge in [0, 0.05) is 29.3 Å². The summed E-state index contributed by atoms with van der Waals surface area (Å²) >= 11 is 0. The van der Waals surface area contributed by atoms with Crippen LogP contribution < -0.4 is 5.32 Å². The molecule has 2 unspecified atom stereocenters. The number of ether oxygens (including phenoxy) is 1. The lowest BCUT2D eigenvalue weighted by Crippen LogP contribution is -2.36. The minimum absolute atomic E-state index is 0.0637. The second kappa shape index (κ2) is 8.60. The van der Waals surface area contributed by atoms with Crippen LogP contribution >= 0.6 is 0 Å². The van der Waals surface area contributed by atoms with E-state index in [0.29, 0.717) is 24.0 Å². The van der Waals surface area contributed by atoms with Gasteiger partial charge in [-0.2, -0.15) is 0 Å². The molecule has 0 bridgehead atoms. The summed E-state index contributed by atoms with van der Waals surface area (Å²) in [7, 11) is 0. The number of hydrogen-bond donors (Lipinski definition) is 1.